The third-order valence-corrected chi connectivity index (χ3v) is 2.46. The van der Waals surface area contributed by atoms with Gasteiger partial charge in [0.25, 0.3) is 0 Å². The number of allylic oxidation sites excluding steroid dienone is 1. The Morgan fingerprint density at radius 1 is 1.31 bits per heavy atom. The van der Waals surface area contributed by atoms with E-state index in [9.17, 15) is 4.79 Å². The average Bonchev–Trinajstić information content (AvgIpc) is 2.29. The highest BCUT2D eigenvalue weighted by atomic mass is 16.4. The van der Waals surface area contributed by atoms with E-state index in [0.717, 1.165) is 12.0 Å². The summed E-state index contributed by atoms with van der Waals surface area (Å²) in [6.45, 7) is 2.17. The molecule has 0 amide bonds. The molecule has 0 aliphatic heterocycles. The first-order valence-electron chi connectivity index (χ1n) is 5.74. The van der Waals surface area contributed by atoms with Crippen LogP contribution < -0.4 is 0 Å². The van der Waals surface area contributed by atoms with Crippen molar-refractivity contribution in [2.45, 2.75) is 32.6 Å². The second kappa shape index (κ2) is 6.83. The summed E-state index contributed by atoms with van der Waals surface area (Å²) in [7, 11) is 0. The van der Waals surface area contributed by atoms with E-state index >= 15 is 0 Å². The molecular weight excluding hydrogens is 200 g/mol. The summed E-state index contributed by atoms with van der Waals surface area (Å²) in [5.74, 6) is -0.867. The van der Waals surface area contributed by atoms with E-state index in [4.69, 9.17) is 5.11 Å². The van der Waals surface area contributed by atoms with Gasteiger partial charge in [0.05, 0.1) is 5.56 Å². The van der Waals surface area contributed by atoms with Crippen molar-refractivity contribution in [1.29, 1.82) is 0 Å². The molecule has 1 aromatic rings. The highest BCUT2D eigenvalue weighted by Gasteiger charge is 2.05. The summed E-state index contributed by atoms with van der Waals surface area (Å²) in [5.41, 5.74) is 1.15. The van der Waals surface area contributed by atoms with Gasteiger partial charge in [-0.3, -0.25) is 0 Å². The molecule has 1 aromatic carbocycles. The van der Waals surface area contributed by atoms with Gasteiger partial charge < -0.3 is 5.11 Å². The number of hydrogen-bond acceptors (Lipinski definition) is 1. The normalized spacial score (nSPS) is 10.8. The minimum atomic E-state index is -0.867. The fraction of sp³-hybridized carbons (Fsp3) is 0.357. The second-order valence-electron chi connectivity index (χ2n) is 3.79. The highest BCUT2D eigenvalue weighted by molar-refractivity contribution is 5.92. The first kappa shape index (κ1) is 12.5. The van der Waals surface area contributed by atoms with Gasteiger partial charge in [0.15, 0.2) is 0 Å². The van der Waals surface area contributed by atoms with E-state index in [1.165, 1.54) is 19.3 Å². The molecule has 0 saturated carbocycles. The van der Waals surface area contributed by atoms with Crippen LogP contribution in [0, 0.1) is 0 Å². The number of benzene rings is 1. The van der Waals surface area contributed by atoms with Crippen molar-refractivity contribution in [3.05, 3.63) is 41.5 Å². The number of carboxylic acids is 1. The molecule has 16 heavy (non-hydrogen) atoms. The molecule has 0 bridgehead atoms. The second-order valence-corrected chi connectivity index (χ2v) is 3.79. The van der Waals surface area contributed by atoms with Crippen molar-refractivity contribution in [1.82, 2.24) is 0 Å². The molecule has 1 rings (SSSR count). The van der Waals surface area contributed by atoms with Crippen molar-refractivity contribution >= 4 is 12.0 Å². The topological polar surface area (TPSA) is 37.3 Å². The summed E-state index contributed by atoms with van der Waals surface area (Å²) >= 11 is 0. The van der Waals surface area contributed by atoms with Crippen molar-refractivity contribution in [3.63, 3.8) is 0 Å². The summed E-state index contributed by atoms with van der Waals surface area (Å²) in [6.07, 6.45) is 8.57. The lowest BCUT2D eigenvalue weighted by atomic mass is 10.1. The highest BCUT2D eigenvalue weighted by Crippen LogP contribution is 2.11. The molecule has 0 spiro atoms. The summed E-state index contributed by atoms with van der Waals surface area (Å²) < 4.78 is 0. The zero-order chi connectivity index (χ0) is 11.8. The van der Waals surface area contributed by atoms with Gasteiger partial charge in [-0.1, -0.05) is 50.1 Å². The van der Waals surface area contributed by atoms with Crippen LogP contribution in [0.1, 0.15) is 48.5 Å². The van der Waals surface area contributed by atoms with Gasteiger partial charge in [-0.2, -0.15) is 0 Å². The number of carbonyl (C=O) groups is 1. The maximum Gasteiger partial charge on any atom is 0.336 e. The monoisotopic (exact) mass is 218 g/mol. The van der Waals surface area contributed by atoms with Gasteiger partial charge in [-0.05, 0) is 24.5 Å². The van der Waals surface area contributed by atoms with E-state index in [0.29, 0.717) is 5.56 Å². The SMILES string of the molecule is CCCCC/C=C/c1ccccc1C(=O)O. The van der Waals surface area contributed by atoms with Gasteiger partial charge in [0.2, 0.25) is 0 Å². The molecule has 0 heterocycles. The minimum absolute atomic E-state index is 0.370. The molecule has 2 heteroatoms. The number of carboxylic acid groups (broad SMARTS) is 1. The van der Waals surface area contributed by atoms with Crippen LogP contribution in [0.15, 0.2) is 30.3 Å². The molecule has 0 radical (unpaired) electrons. The molecule has 0 aliphatic carbocycles. The van der Waals surface area contributed by atoms with Gasteiger partial charge in [0.1, 0.15) is 0 Å². The standard InChI is InChI=1S/C14H18O2/c1-2-3-4-5-6-9-12-10-7-8-11-13(12)14(15)16/h6-11H,2-5H2,1H3,(H,15,16)/b9-6+. The van der Waals surface area contributed by atoms with Gasteiger partial charge in [-0.25, -0.2) is 4.79 Å². The van der Waals surface area contributed by atoms with E-state index < -0.39 is 5.97 Å². The van der Waals surface area contributed by atoms with Crippen LogP contribution in [-0.2, 0) is 0 Å². The molecule has 0 aromatic heterocycles. The number of rotatable bonds is 6. The Bertz CT molecular complexity index is 367. The first-order valence-corrected chi connectivity index (χ1v) is 5.74. The maximum absolute atomic E-state index is 10.9. The van der Waals surface area contributed by atoms with Crippen LogP contribution in [0.4, 0.5) is 0 Å². The van der Waals surface area contributed by atoms with E-state index in [1.807, 2.05) is 18.2 Å². The predicted molar refractivity (Wildman–Crippen MR) is 66.6 cm³/mol. The Labute approximate surface area is 96.6 Å². The smallest absolute Gasteiger partial charge is 0.336 e. The number of unbranched alkanes of at least 4 members (excludes halogenated alkanes) is 3. The predicted octanol–water partition coefficient (Wildman–Crippen LogP) is 3.98. The minimum Gasteiger partial charge on any atom is -0.478 e. The Kier molecular flexibility index (Phi) is 5.34. The van der Waals surface area contributed by atoms with Crippen LogP contribution in [0.5, 0.6) is 0 Å². The van der Waals surface area contributed by atoms with Crippen molar-refractivity contribution in [3.8, 4) is 0 Å². The Morgan fingerprint density at radius 3 is 2.75 bits per heavy atom. The Hall–Kier alpha value is -1.57. The van der Waals surface area contributed by atoms with Crippen LogP contribution in [0.2, 0.25) is 0 Å². The van der Waals surface area contributed by atoms with Gasteiger partial charge >= 0.3 is 5.97 Å². The molecule has 0 saturated heterocycles. The number of aromatic carboxylic acids is 1. The molecular formula is C14H18O2. The lowest BCUT2D eigenvalue weighted by molar-refractivity contribution is 0.0696. The quantitative estimate of drug-likeness (QED) is 0.733. The lowest BCUT2D eigenvalue weighted by Crippen LogP contribution is -1.98. The maximum atomic E-state index is 10.9. The molecule has 86 valence electrons. The van der Waals surface area contributed by atoms with Crippen LogP contribution >= 0.6 is 0 Å². The average molecular weight is 218 g/mol. The first-order chi connectivity index (χ1) is 7.75. The van der Waals surface area contributed by atoms with Gasteiger partial charge in [0, 0.05) is 0 Å². The molecule has 0 fully saturated rings. The van der Waals surface area contributed by atoms with Crippen LogP contribution in [0.3, 0.4) is 0 Å². The zero-order valence-electron chi connectivity index (χ0n) is 9.65. The lowest BCUT2D eigenvalue weighted by Gasteiger charge is -1.99. The third kappa shape index (κ3) is 3.89. The summed E-state index contributed by atoms with van der Waals surface area (Å²) in [5, 5.41) is 8.97. The Morgan fingerprint density at radius 2 is 2.06 bits per heavy atom. The van der Waals surface area contributed by atoms with Crippen molar-refractivity contribution in [2.24, 2.45) is 0 Å². The van der Waals surface area contributed by atoms with E-state index in [-0.39, 0.29) is 0 Å². The summed E-state index contributed by atoms with van der Waals surface area (Å²) in [4.78, 5) is 10.9. The van der Waals surface area contributed by atoms with Crippen molar-refractivity contribution < 1.29 is 9.90 Å². The van der Waals surface area contributed by atoms with E-state index in [1.54, 1.807) is 12.1 Å². The van der Waals surface area contributed by atoms with Crippen LogP contribution in [0.25, 0.3) is 6.08 Å². The third-order valence-electron chi connectivity index (χ3n) is 2.46. The molecule has 2 nitrogen and oxygen atoms in total. The fourth-order valence-corrected chi connectivity index (χ4v) is 1.56. The zero-order valence-corrected chi connectivity index (χ0v) is 9.65. The van der Waals surface area contributed by atoms with Crippen molar-refractivity contribution in [2.75, 3.05) is 0 Å². The molecule has 1 N–H and O–H groups in total. The molecule has 0 atom stereocenters. The van der Waals surface area contributed by atoms with Gasteiger partial charge in [-0.15, -0.1) is 0 Å². The fourth-order valence-electron chi connectivity index (χ4n) is 1.56. The Balaban J connectivity index is 2.62. The number of hydrogen-bond donors (Lipinski definition) is 1. The van der Waals surface area contributed by atoms with Crippen LogP contribution in [-0.4, -0.2) is 11.1 Å². The largest absolute Gasteiger partial charge is 0.478 e. The summed E-state index contributed by atoms with van der Waals surface area (Å²) in [6, 6.07) is 7.07. The van der Waals surface area contributed by atoms with E-state index in [2.05, 4.69) is 13.0 Å². The molecule has 0 aliphatic rings. The molecule has 0 unspecified atom stereocenters.